The molecule has 0 N–H and O–H groups in total. The molecule has 0 spiro atoms. The second-order valence-electron chi connectivity index (χ2n) is 4.56. The van der Waals surface area contributed by atoms with Gasteiger partial charge >= 0.3 is 0 Å². The van der Waals surface area contributed by atoms with E-state index in [0.29, 0.717) is 24.6 Å². The molecule has 18 heavy (non-hydrogen) atoms. The topological polar surface area (TPSA) is 46.6 Å². The Hall–Kier alpha value is -0.910. The number of nitrogens with zero attached hydrogens (tertiary/aromatic N) is 1. The summed E-state index contributed by atoms with van der Waals surface area (Å²) in [6.45, 7) is 5.28. The van der Waals surface area contributed by atoms with Crippen molar-refractivity contribution in [1.82, 2.24) is 4.31 Å². The molecule has 0 bridgehead atoms. The highest BCUT2D eigenvalue weighted by Gasteiger charge is 2.24. The maximum Gasteiger partial charge on any atom is 0.243 e. The molecule has 0 atom stereocenters. The molecular formula is C13H21NO3S. The zero-order valence-corrected chi connectivity index (χ0v) is 12.0. The van der Waals surface area contributed by atoms with Crippen LogP contribution in [0.1, 0.15) is 13.8 Å². The lowest BCUT2D eigenvalue weighted by atomic mass is 10.2. The first-order valence-electron chi connectivity index (χ1n) is 6.02. The Bertz CT molecular complexity index is 443. The van der Waals surface area contributed by atoms with E-state index in [-0.39, 0.29) is 5.92 Å². The highest BCUT2D eigenvalue weighted by Crippen LogP contribution is 2.16. The normalized spacial score (nSPS) is 12.3. The number of ether oxygens (including phenoxy) is 1. The van der Waals surface area contributed by atoms with E-state index in [1.165, 1.54) is 4.31 Å². The van der Waals surface area contributed by atoms with Gasteiger partial charge in [0, 0.05) is 20.2 Å². The molecule has 0 aromatic heterocycles. The zero-order valence-electron chi connectivity index (χ0n) is 11.2. The van der Waals surface area contributed by atoms with E-state index in [1.54, 1.807) is 37.4 Å². The fourth-order valence-corrected chi connectivity index (χ4v) is 3.26. The van der Waals surface area contributed by atoms with Crippen molar-refractivity contribution in [2.45, 2.75) is 18.7 Å². The molecule has 0 heterocycles. The lowest BCUT2D eigenvalue weighted by molar-refractivity contribution is 0.175. The van der Waals surface area contributed by atoms with Gasteiger partial charge in [-0.15, -0.1) is 0 Å². The second kappa shape index (κ2) is 6.87. The fraction of sp³-hybridized carbons (Fsp3) is 0.538. The highest BCUT2D eigenvalue weighted by molar-refractivity contribution is 7.89. The Morgan fingerprint density at radius 2 is 1.83 bits per heavy atom. The second-order valence-corrected chi connectivity index (χ2v) is 6.50. The Balaban J connectivity index is 2.96. The van der Waals surface area contributed by atoms with Crippen molar-refractivity contribution >= 4 is 10.0 Å². The third kappa shape index (κ3) is 4.08. The number of rotatable bonds is 7. The van der Waals surface area contributed by atoms with Crippen molar-refractivity contribution in [1.29, 1.82) is 0 Å². The average Bonchev–Trinajstić information content (AvgIpc) is 2.35. The molecule has 1 aromatic rings. The number of sulfonamides is 1. The van der Waals surface area contributed by atoms with Gasteiger partial charge in [-0.05, 0) is 18.1 Å². The van der Waals surface area contributed by atoms with Gasteiger partial charge in [-0.1, -0.05) is 32.0 Å². The Morgan fingerprint density at radius 3 is 2.33 bits per heavy atom. The molecule has 4 nitrogen and oxygen atoms in total. The van der Waals surface area contributed by atoms with E-state index < -0.39 is 10.0 Å². The molecule has 1 rings (SSSR count). The Kier molecular flexibility index (Phi) is 5.78. The first-order chi connectivity index (χ1) is 8.48. The maximum absolute atomic E-state index is 12.4. The zero-order chi connectivity index (χ0) is 13.6. The van der Waals surface area contributed by atoms with E-state index in [4.69, 9.17) is 4.74 Å². The first kappa shape index (κ1) is 15.1. The molecule has 102 valence electrons. The summed E-state index contributed by atoms with van der Waals surface area (Å²) in [5.41, 5.74) is 0. The summed E-state index contributed by atoms with van der Waals surface area (Å²) in [5.74, 6) is 0.278. The molecule has 0 amide bonds. The average molecular weight is 271 g/mol. The van der Waals surface area contributed by atoms with Crippen LogP contribution in [0.3, 0.4) is 0 Å². The molecule has 0 aliphatic rings. The summed E-state index contributed by atoms with van der Waals surface area (Å²) in [6.07, 6.45) is 0. The SMILES string of the molecule is COCCN(CC(C)C)S(=O)(=O)c1ccccc1. The predicted octanol–water partition coefficient (Wildman–Crippen LogP) is 1.98. The van der Waals surface area contributed by atoms with Gasteiger partial charge in [-0.3, -0.25) is 0 Å². The van der Waals surface area contributed by atoms with Crippen LogP contribution in [0, 0.1) is 5.92 Å². The third-order valence-electron chi connectivity index (χ3n) is 2.49. The Morgan fingerprint density at radius 1 is 1.22 bits per heavy atom. The smallest absolute Gasteiger partial charge is 0.243 e. The van der Waals surface area contributed by atoms with Gasteiger partial charge in [0.2, 0.25) is 10.0 Å². The molecule has 0 unspecified atom stereocenters. The molecule has 0 aliphatic carbocycles. The van der Waals surface area contributed by atoms with Crippen LogP contribution in [0.4, 0.5) is 0 Å². The minimum Gasteiger partial charge on any atom is -0.383 e. The summed E-state index contributed by atoms with van der Waals surface area (Å²) < 4.78 is 31.3. The van der Waals surface area contributed by atoms with Crippen LogP contribution in [-0.4, -0.2) is 39.5 Å². The fourth-order valence-electron chi connectivity index (χ4n) is 1.65. The molecular weight excluding hydrogens is 250 g/mol. The minimum absolute atomic E-state index is 0.278. The molecule has 0 fully saturated rings. The number of methoxy groups -OCH3 is 1. The minimum atomic E-state index is -3.42. The molecule has 5 heteroatoms. The lowest BCUT2D eigenvalue weighted by Crippen LogP contribution is -2.36. The van der Waals surface area contributed by atoms with Crippen LogP contribution in [0.25, 0.3) is 0 Å². The van der Waals surface area contributed by atoms with Crippen LogP contribution < -0.4 is 0 Å². The number of benzene rings is 1. The van der Waals surface area contributed by atoms with Crippen molar-refractivity contribution in [2.75, 3.05) is 26.8 Å². The van der Waals surface area contributed by atoms with Gasteiger partial charge in [0.1, 0.15) is 0 Å². The monoisotopic (exact) mass is 271 g/mol. The quantitative estimate of drug-likeness (QED) is 0.762. The summed E-state index contributed by atoms with van der Waals surface area (Å²) in [5, 5.41) is 0. The van der Waals surface area contributed by atoms with Crippen LogP contribution in [0.2, 0.25) is 0 Å². The largest absolute Gasteiger partial charge is 0.383 e. The van der Waals surface area contributed by atoms with Crippen LogP contribution in [-0.2, 0) is 14.8 Å². The molecule has 0 saturated heterocycles. The van der Waals surface area contributed by atoms with Gasteiger partial charge in [0.25, 0.3) is 0 Å². The molecule has 1 aromatic carbocycles. The van der Waals surface area contributed by atoms with Gasteiger partial charge in [0.15, 0.2) is 0 Å². The van der Waals surface area contributed by atoms with Crippen molar-refractivity contribution in [3.05, 3.63) is 30.3 Å². The van der Waals surface area contributed by atoms with Gasteiger partial charge in [-0.2, -0.15) is 4.31 Å². The van der Waals surface area contributed by atoms with Gasteiger partial charge < -0.3 is 4.74 Å². The van der Waals surface area contributed by atoms with E-state index in [1.807, 2.05) is 13.8 Å². The van der Waals surface area contributed by atoms with E-state index in [0.717, 1.165) is 0 Å². The standard InChI is InChI=1S/C13H21NO3S/c1-12(2)11-14(9-10-17-3)18(15,16)13-7-5-4-6-8-13/h4-8,12H,9-11H2,1-3H3. The van der Waals surface area contributed by atoms with Crippen molar-refractivity contribution in [3.8, 4) is 0 Å². The Labute approximate surface area is 110 Å². The third-order valence-corrected chi connectivity index (χ3v) is 4.37. The first-order valence-corrected chi connectivity index (χ1v) is 7.46. The molecule has 0 saturated carbocycles. The van der Waals surface area contributed by atoms with Gasteiger partial charge in [0.05, 0.1) is 11.5 Å². The summed E-state index contributed by atoms with van der Waals surface area (Å²) in [6, 6.07) is 8.51. The summed E-state index contributed by atoms with van der Waals surface area (Å²) in [7, 11) is -1.84. The van der Waals surface area contributed by atoms with Gasteiger partial charge in [-0.25, -0.2) is 8.42 Å². The molecule has 0 aliphatic heterocycles. The predicted molar refractivity (Wildman–Crippen MR) is 71.9 cm³/mol. The van der Waals surface area contributed by atoms with E-state index in [9.17, 15) is 8.42 Å². The molecule has 0 radical (unpaired) electrons. The summed E-state index contributed by atoms with van der Waals surface area (Å²) in [4.78, 5) is 0.335. The van der Waals surface area contributed by atoms with E-state index in [2.05, 4.69) is 0 Å². The van der Waals surface area contributed by atoms with Crippen LogP contribution in [0.15, 0.2) is 35.2 Å². The van der Waals surface area contributed by atoms with Crippen LogP contribution >= 0.6 is 0 Å². The van der Waals surface area contributed by atoms with Crippen LogP contribution in [0.5, 0.6) is 0 Å². The number of hydrogen-bond donors (Lipinski definition) is 0. The van der Waals surface area contributed by atoms with Crippen molar-refractivity contribution in [3.63, 3.8) is 0 Å². The van der Waals surface area contributed by atoms with Crippen molar-refractivity contribution in [2.24, 2.45) is 5.92 Å². The summed E-state index contributed by atoms with van der Waals surface area (Å²) >= 11 is 0. The highest BCUT2D eigenvalue weighted by atomic mass is 32.2. The number of hydrogen-bond acceptors (Lipinski definition) is 3. The maximum atomic E-state index is 12.4. The van der Waals surface area contributed by atoms with Crippen molar-refractivity contribution < 1.29 is 13.2 Å². The lowest BCUT2D eigenvalue weighted by Gasteiger charge is -2.23. The van der Waals surface area contributed by atoms with E-state index >= 15 is 0 Å².